The Kier molecular flexibility index (Phi) is 3.94. The highest BCUT2D eigenvalue weighted by atomic mass is 32.2. The van der Waals surface area contributed by atoms with Crippen LogP contribution in [-0.4, -0.2) is 15.5 Å². The van der Waals surface area contributed by atoms with Crippen LogP contribution in [0.4, 0.5) is 10.1 Å². The first-order valence-corrected chi connectivity index (χ1v) is 7.49. The van der Waals surface area contributed by atoms with Crippen LogP contribution in [0, 0.1) is 5.82 Å². The number of halogens is 1. The summed E-state index contributed by atoms with van der Waals surface area (Å²) < 4.78 is 43.2. The fourth-order valence-electron chi connectivity index (χ4n) is 1.89. The lowest BCUT2D eigenvalue weighted by molar-refractivity contribution is 0.411. The minimum atomic E-state index is -3.80. The van der Waals surface area contributed by atoms with Crippen molar-refractivity contribution in [3.63, 3.8) is 0 Å². The van der Waals surface area contributed by atoms with Gasteiger partial charge in [0.2, 0.25) is 0 Å². The van der Waals surface area contributed by atoms with E-state index < -0.39 is 15.7 Å². The number of nitrogens with two attached hydrogens (primary N) is 1. The summed E-state index contributed by atoms with van der Waals surface area (Å²) in [5.74, 6) is -0.739. The molecule has 0 atom stereocenters. The fraction of sp³-hybridized carbons (Fsp3) is 0.143. The fourth-order valence-corrected chi connectivity index (χ4v) is 3.33. The van der Waals surface area contributed by atoms with Gasteiger partial charge in [-0.05, 0) is 30.3 Å². The highest BCUT2D eigenvalue weighted by Crippen LogP contribution is 2.26. The molecular weight excluding hydrogens is 281 g/mol. The topological polar surface area (TPSA) is 69.4 Å². The summed E-state index contributed by atoms with van der Waals surface area (Å²) >= 11 is 0. The lowest BCUT2D eigenvalue weighted by Gasteiger charge is -2.10. The first kappa shape index (κ1) is 14.3. The Morgan fingerprint density at radius 1 is 1.20 bits per heavy atom. The van der Waals surface area contributed by atoms with E-state index in [-0.39, 0.29) is 10.6 Å². The Morgan fingerprint density at radius 3 is 2.55 bits per heavy atom. The molecule has 0 aliphatic carbocycles. The van der Waals surface area contributed by atoms with Crippen molar-refractivity contribution < 1.29 is 17.5 Å². The summed E-state index contributed by atoms with van der Waals surface area (Å²) in [7, 11) is -2.37. The van der Waals surface area contributed by atoms with Crippen LogP contribution in [0.25, 0.3) is 0 Å². The molecule has 0 saturated carbocycles. The maximum Gasteiger partial charge on any atom is 0.185 e. The molecule has 0 aromatic heterocycles. The van der Waals surface area contributed by atoms with Gasteiger partial charge < -0.3 is 10.5 Å². The van der Waals surface area contributed by atoms with Crippen molar-refractivity contribution in [1.82, 2.24) is 0 Å². The van der Waals surface area contributed by atoms with Crippen molar-refractivity contribution in [2.24, 2.45) is 0 Å². The van der Waals surface area contributed by atoms with Gasteiger partial charge in [0.05, 0.1) is 12.9 Å². The van der Waals surface area contributed by atoms with Crippen molar-refractivity contribution in [2.45, 2.75) is 10.6 Å². The Labute approximate surface area is 116 Å². The highest BCUT2D eigenvalue weighted by Gasteiger charge is 2.21. The van der Waals surface area contributed by atoms with Crippen molar-refractivity contribution in [1.29, 1.82) is 0 Å². The zero-order chi connectivity index (χ0) is 14.8. The second kappa shape index (κ2) is 5.50. The molecule has 20 heavy (non-hydrogen) atoms. The van der Waals surface area contributed by atoms with Crippen LogP contribution >= 0.6 is 0 Å². The van der Waals surface area contributed by atoms with E-state index in [4.69, 9.17) is 10.5 Å². The third kappa shape index (κ3) is 2.91. The van der Waals surface area contributed by atoms with Gasteiger partial charge in [-0.15, -0.1) is 0 Å². The van der Waals surface area contributed by atoms with Gasteiger partial charge >= 0.3 is 0 Å². The summed E-state index contributed by atoms with van der Waals surface area (Å²) in [6.45, 7) is 0. The number of nitrogen functional groups attached to an aromatic ring is 1. The second-order valence-corrected chi connectivity index (χ2v) is 6.22. The van der Waals surface area contributed by atoms with E-state index in [1.165, 1.54) is 31.4 Å². The summed E-state index contributed by atoms with van der Waals surface area (Å²) in [6.07, 6.45) is 0. The van der Waals surface area contributed by atoms with Gasteiger partial charge in [0.15, 0.2) is 9.84 Å². The van der Waals surface area contributed by atoms with E-state index in [0.717, 1.165) is 6.07 Å². The Hall–Kier alpha value is -2.08. The monoisotopic (exact) mass is 295 g/mol. The molecule has 0 heterocycles. The Balaban J connectivity index is 2.44. The highest BCUT2D eigenvalue weighted by molar-refractivity contribution is 7.90. The second-order valence-electron chi connectivity index (χ2n) is 4.26. The molecule has 0 spiro atoms. The van der Waals surface area contributed by atoms with Gasteiger partial charge in [0.25, 0.3) is 0 Å². The van der Waals surface area contributed by atoms with Gasteiger partial charge in [-0.2, -0.15) is 0 Å². The lowest BCUT2D eigenvalue weighted by atomic mass is 10.2. The van der Waals surface area contributed by atoms with Crippen LogP contribution in [0.5, 0.6) is 5.75 Å². The number of rotatable bonds is 4. The van der Waals surface area contributed by atoms with E-state index in [1.807, 2.05) is 0 Å². The van der Waals surface area contributed by atoms with Crippen LogP contribution in [0.15, 0.2) is 47.4 Å². The predicted octanol–water partition coefficient (Wildman–Crippen LogP) is 2.39. The molecule has 0 saturated heterocycles. The standard InChI is InChI=1S/C14H14FNO3S/c1-19-13-7-6-11(16)8-10(13)9-20(17,18)14-5-3-2-4-12(14)15/h2-8H,9,16H2,1H3. The molecule has 6 heteroatoms. The molecule has 106 valence electrons. The quantitative estimate of drug-likeness (QED) is 0.879. The average Bonchev–Trinajstić information content (AvgIpc) is 2.39. The van der Waals surface area contributed by atoms with Crippen LogP contribution < -0.4 is 10.5 Å². The number of ether oxygens (including phenoxy) is 1. The van der Waals surface area contributed by atoms with Crippen molar-refractivity contribution in [2.75, 3.05) is 12.8 Å². The summed E-state index contributed by atoms with van der Waals surface area (Å²) in [5.41, 5.74) is 6.46. The van der Waals surface area contributed by atoms with Crippen LogP contribution in [0.1, 0.15) is 5.56 Å². The van der Waals surface area contributed by atoms with E-state index >= 15 is 0 Å². The molecule has 0 fully saturated rings. The number of hydrogen-bond donors (Lipinski definition) is 1. The molecule has 0 aliphatic heterocycles. The zero-order valence-electron chi connectivity index (χ0n) is 10.8. The van der Waals surface area contributed by atoms with Crippen molar-refractivity contribution >= 4 is 15.5 Å². The summed E-state index contributed by atoms with van der Waals surface area (Å²) in [5, 5.41) is 0. The average molecular weight is 295 g/mol. The summed E-state index contributed by atoms with van der Waals surface area (Å²) in [4.78, 5) is -0.329. The van der Waals surface area contributed by atoms with E-state index in [0.29, 0.717) is 17.0 Å². The van der Waals surface area contributed by atoms with Crippen molar-refractivity contribution in [3.05, 3.63) is 53.8 Å². The number of anilines is 1. The largest absolute Gasteiger partial charge is 0.496 e. The first-order valence-electron chi connectivity index (χ1n) is 5.84. The Bertz CT molecular complexity index is 729. The van der Waals surface area contributed by atoms with E-state index in [1.54, 1.807) is 12.1 Å². The molecule has 0 aliphatic rings. The normalized spacial score (nSPS) is 11.3. The smallest absolute Gasteiger partial charge is 0.185 e. The molecule has 0 unspecified atom stereocenters. The first-order chi connectivity index (χ1) is 9.44. The zero-order valence-corrected chi connectivity index (χ0v) is 11.7. The Morgan fingerprint density at radius 2 is 1.90 bits per heavy atom. The van der Waals surface area contributed by atoms with Crippen LogP contribution in [-0.2, 0) is 15.6 Å². The third-order valence-corrected chi connectivity index (χ3v) is 4.51. The van der Waals surface area contributed by atoms with Crippen molar-refractivity contribution in [3.8, 4) is 5.75 Å². The van der Waals surface area contributed by atoms with Gasteiger partial charge in [-0.3, -0.25) is 0 Å². The number of sulfone groups is 1. The molecule has 0 amide bonds. The number of methoxy groups -OCH3 is 1. The number of benzene rings is 2. The lowest BCUT2D eigenvalue weighted by Crippen LogP contribution is -2.08. The van der Waals surface area contributed by atoms with E-state index in [2.05, 4.69) is 0 Å². The molecule has 2 aromatic carbocycles. The molecular formula is C14H14FNO3S. The maximum absolute atomic E-state index is 13.6. The van der Waals surface area contributed by atoms with E-state index in [9.17, 15) is 12.8 Å². The summed E-state index contributed by atoms with van der Waals surface area (Å²) in [6, 6.07) is 9.98. The molecule has 2 rings (SSSR count). The number of hydrogen-bond acceptors (Lipinski definition) is 4. The minimum Gasteiger partial charge on any atom is -0.496 e. The van der Waals surface area contributed by atoms with Crippen LogP contribution in [0.3, 0.4) is 0 Å². The molecule has 2 N–H and O–H groups in total. The van der Waals surface area contributed by atoms with Gasteiger partial charge in [-0.1, -0.05) is 12.1 Å². The molecule has 2 aromatic rings. The predicted molar refractivity (Wildman–Crippen MR) is 74.7 cm³/mol. The SMILES string of the molecule is COc1ccc(N)cc1CS(=O)(=O)c1ccccc1F. The third-order valence-electron chi connectivity index (χ3n) is 2.82. The maximum atomic E-state index is 13.6. The van der Waals surface area contributed by atoms with Crippen LogP contribution in [0.2, 0.25) is 0 Å². The molecule has 4 nitrogen and oxygen atoms in total. The van der Waals surface area contributed by atoms with Gasteiger partial charge in [0, 0.05) is 11.3 Å². The minimum absolute atomic E-state index is 0.329. The van der Waals surface area contributed by atoms with Gasteiger partial charge in [-0.25, -0.2) is 12.8 Å². The molecule has 0 bridgehead atoms. The van der Waals surface area contributed by atoms with Gasteiger partial charge in [0.1, 0.15) is 16.5 Å². The molecule has 0 radical (unpaired) electrons.